The van der Waals surface area contributed by atoms with Gasteiger partial charge in [0.05, 0.1) is 5.39 Å². The number of fused-ring (bicyclic) bond motifs is 2. The van der Waals surface area contributed by atoms with Crippen molar-refractivity contribution in [2.75, 3.05) is 12.8 Å². The molecule has 6 aromatic rings. The first-order chi connectivity index (χ1) is 20.0. The van der Waals surface area contributed by atoms with Crippen LogP contribution in [0.2, 0.25) is 0 Å². The van der Waals surface area contributed by atoms with Crippen LogP contribution in [-0.2, 0) is 0 Å². The molecule has 41 heavy (non-hydrogen) atoms. The second kappa shape index (κ2) is 12.1. The third kappa shape index (κ3) is 5.59. The van der Waals surface area contributed by atoms with Gasteiger partial charge in [-0.2, -0.15) is 0 Å². The van der Waals surface area contributed by atoms with E-state index in [1.54, 1.807) is 29.2 Å². The molecule has 6 rings (SSSR count). The lowest BCUT2D eigenvalue weighted by atomic mass is 10.0. The highest BCUT2D eigenvalue weighted by Crippen LogP contribution is 2.23. The smallest absolute Gasteiger partial charge is 0.264 e. The minimum absolute atomic E-state index is 0.00978. The summed E-state index contributed by atoms with van der Waals surface area (Å²) in [6.07, 6.45) is 5.64. The average molecular weight is 542 g/mol. The molecule has 202 valence electrons. The lowest BCUT2D eigenvalue weighted by Gasteiger charge is -2.19. The molecule has 4 aromatic heterocycles. The molecule has 0 spiro atoms. The zero-order valence-corrected chi connectivity index (χ0v) is 22.5. The van der Waals surface area contributed by atoms with E-state index in [-0.39, 0.29) is 17.4 Å². The Bertz CT molecular complexity index is 1950. The number of benzene rings is 2. The molecule has 0 saturated carbocycles. The fourth-order valence-electron chi connectivity index (χ4n) is 4.40. The van der Waals surface area contributed by atoms with Crippen molar-refractivity contribution in [2.24, 2.45) is 0 Å². The summed E-state index contributed by atoms with van der Waals surface area (Å²) in [6, 6.07) is 24.9. The minimum Gasteiger partial charge on any atom is -0.382 e. The number of nitrogens with two attached hydrogens (primary N) is 1. The van der Waals surface area contributed by atoms with Gasteiger partial charge in [-0.15, -0.1) is 5.10 Å². The molecule has 0 amide bonds. The predicted molar refractivity (Wildman–Crippen MR) is 160 cm³/mol. The number of carbonyl (C=O) groups is 1. The number of carbonyl (C=O) groups excluding carboxylic acids is 1. The first kappa shape index (κ1) is 27.0. The standard InChI is InChI=1S/C25H21N3O.C7H6N4O/c1-18(26-2)23-17-20-10-8-9-19(14-15-21-11-6-7-16-27-21)24(20)25(29)28(23)22-12-4-3-5-13-22;8-6-5(4-12)7-9-2-1-3-11(7)10-6/h3-13,16-18,26H,1-2H3;1-4H,(H2,8,10). The Morgan fingerprint density at radius 1 is 0.951 bits per heavy atom. The normalized spacial score (nSPS) is 11.3. The highest BCUT2D eigenvalue weighted by Gasteiger charge is 2.16. The molecule has 9 heteroatoms. The second-order valence-corrected chi connectivity index (χ2v) is 9.10. The third-order valence-corrected chi connectivity index (χ3v) is 6.53. The van der Waals surface area contributed by atoms with Crippen molar-refractivity contribution in [3.05, 3.63) is 130 Å². The van der Waals surface area contributed by atoms with Crippen LogP contribution in [0.15, 0.2) is 102 Å². The van der Waals surface area contributed by atoms with Crippen molar-refractivity contribution in [1.82, 2.24) is 29.5 Å². The van der Waals surface area contributed by atoms with Crippen LogP contribution in [0.1, 0.15) is 40.3 Å². The van der Waals surface area contributed by atoms with E-state index in [9.17, 15) is 9.59 Å². The molecule has 0 fully saturated rings. The van der Waals surface area contributed by atoms with Gasteiger partial charge in [-0.1, -0.05) is 42.3 Å². The van der Waals surface area contributed by atoms with Gasteiger partial charge in [-0.25, -0.2) is 14.5 Å². The van der Waals surface area contributed by atoms with Gasteiger partial charge in [0.25, 0.3) is 5.56 Å². The van der Waals surface area contributed by atoms with Gasteiger partial charge in [0.1, 0.15) is 11.3 Å². The van der Waals surface area contributed by atoms with Crippen LogP contribution in [0.25, 0.3) is 22.1 Å². The summed E-state index contributed by atoms with van der Waals surface area (Å²) in [5, 5.41) is 8.63. The van der Waals surface area contributed by atoms with Crippen LogP contribution in [0.3, 0.4) is 0 Å². The van der Waals surface area contributed by atoms with E-state index in [4.69, 9.17) is 5.73 Å². The Balaban J connectivity index is 0.000000234. The molecule has 0 saturated heterocycles. The highest BCUT2D eigenvalue weighted by molar-refractivity contribution is 5.90. The van der Waals surface area contributed by atoms with Gasteiger partial charge in [0.2, 0.25) is 0 Å². The van der Waals surface area contributed by atoms with Crippen molar-refractivity contribution in [1.29, 1.82) is 0 Å². The summed E-state index contributed by atoms with van der Waals surface area (Å²) in [4.78, 5) is 32.4. The number of nitrogens with zero attached hydrogens (tertiary/aromatic N) is 5. The molecular weight excluding hydrogens is 514 g/mol. The number of hydrogen-bond acceptors (Lipinski definition) is 7. The van der Waals surface area contributed by atoms with Crippen molar-refractivity contribution in [3.63, 3.8) is 0 Å². The van der Waals surface area contributed by atoms with Crippen LogP contribution < -0.4 is 16.6 Å². The maximum Gasteiger partial charge on any atom is 0.264 e. The van der Waals surface area contributed by atoms with Crippen LogP contribution in [0.4, 0.5) is 5.82 Å². The van der Waals surface area contributed by atoms with E-state index in [1.165, 1.54) is 4.52 Å². The molecule has 3 N–H and O–H groups in total. The fourth-order valence-corrected chi connectivity index (χ4v) is 4.40. The van der Waals surface area contributed by atoms with Gasteiger partial charge in [0.15, 0.2) is 17.8 Å². The number of aldehydes is 1. The summed E-state index contributed by atoms with van der Waals surface area (Å²) in [6.45, 7) is 2.05. The lowest BCUT2D eigenvalue weighted by Crippen LogP contribution is -2.27. The minimum atomic E-state index is -0.0725. The monoisotopic (exact) mass is 541 g/mol. The number of nitrogens with one attached hydrogen (secondary N) is 1. The molecule has 1 unspecified atom stereocenters. The van der Waals surface area contributed by atoms with Crippen LogP contribution in [-0.4, -0.2) is 37.5 Å². The number of para-hydroxylation sites is 1. The number of rotatable bonds is 4. The Morgan fingerprint density at radius 3 is 2.46 bits per heavy atom. The Hall–Kier alpha value is -5.59. The number of aromatic nitrogens is 5. The number of anilines is 1. The molecular formula is C32H27N7O2. The Kier molecular flexibility index (Phi) is 7.95. The second-order valence-electron chi connectivity index (χ2n) is 9.10. The highest BCUT2D eigenvalue weighted by atomic mass is 16.1. The zero-order valence-electron chi connectivity index (χ0n) is 22.5. The SMILES string of the molecule is CNC(C)c1cc2cccc(C#Cc3ccccn3)c2c(=O)n1-c1ccccc1.Nc1nn2cccnc2c1C=O. The van der Waals surface area contributed by atoms with Gasteiger partial charge >= 0.3 is 0 Å². The Morgan fingerprint density at radius 2 is 1.73 bits per heavy atom. The zero-order chi connectivity index (χ0) is 28.8. The third-order valence-electron chi connectivity index (χ3n) is 6.53. The Labute approximate surface area is 236 Å². The molecule has 0 aliphatic carbocycles. The molecule has 0 radical (unpaired) electrons. The molecule has 1 atom stereocenters. The maximum absolute atomic E-state index is 13.7. The molecule has 2 aromatic carbocycles. The van der Waals surface area contributed by atoms with E-state index in [2.05, 4.69) is 38.3 Å². The predicted octanol–water partition coefficient (Wildman–Crippen LogP) is 4.19. The summed E-state index contributed by atoms with van der Waals surface area (Å²) >= 11 is 0. The van der Waals surface area contributed by atoms with Gasteiger partial charge in [-0.3, -0.25) is 14.2 Å². The summed E-state index contributed by atoms with van der Waals surface area (Å²) < 4.78 is 3.24. The summed E-state index contributed by atoms with van der Waals surface area (Å²) in [5.41, 5.74) is 9.34. The van der Waals surface area contributed by atoms with Crippen molar-refractivity contribution >= 4 is 28.5 Å². The molecule has 0 aliphatic heterocycles. The van der Waals surface area contributed by atoms with E-state index in [0.717, 1.165) is 16.8 Å². The molecule has 0 aliphatic rings. The van der Waals surface area contributed by atoms with Crippen LogP contribution in [0, 0.1) is 11.8 Å². The summed E-state index contributed by atoms with van der Waals surface area (Å²) in [5.74, 6) is 6.42. The topological polar surface area (TPSA) is 120 Å². The lowest BCUT2D eigenvalue weighted by molar-refractivity contribution is 0.112. The first-order valence-corrected chi connectivity index (χ1v) is 12.9. The van der Waals surface area contributed by atoms with Crippen LogP contribution >= 0.6 is 0 Å². The van der Waals surface area contributed by atoms with E-state index in [1.807, 2.05) is 80.7 Å². The first-order valence-electron chi connectivity index (χ1n) is 12.9. The molecule has 0 bridgehead atoms. The van der Waals surface area contributed by atoms with Crippen molar-refractivity contribution in [3.8, 4) is 17.5 Å². The van der Waals surface area contributed by atoms with E-state index < -0.39 is 0 Å². The fraction of sp³-hybridized carbons (Fsp3) is 0.0938. The van der Waals surface area contributed by atoms with Crippen molar-refractivity contribution in [2.45, 2.75) is 13.0 Å². The largest absolute Gasteiger partial charge is 0.382 e. The van der Waals surface area contributed by atoms with Gasteiger partial charge in [0, 0.05) is 41.6 Å². The summed E-state index contributed by atoms with van der Waals surface area (Å²) in [7, 11) is 1.89. The number of hydrogen-bond donors (Lipinski definition) is 2. The van der Waals surface area contributed by atoms with E-state index in [0.29, 0.717) is 34.1 Å². The maximum atomic E-state index is 13.7. The average Bonchev–Trinajstić information content (AvgIpc) is 3.35. The van der Waals surface area contributed by atoms with Gasteiger partial charge in [-0.05, 0) is 67.7 Å². The van der Waals surface area contributed by atoms with Gasteiger partial charge < -0.3 is 11.1 Å². The van der Waals surface area contributed by atoms with Crippen LogP contribution in [0.5, 0.6) is 0 Å². The molecule has 9 nitrogen and oxygen atoms in total. The van der Waals surface area contributed by atoms with E-state index >= 15 is 0 Å². The number of pyridine rings is 2. The quantitative estimate of drug-likeness (QED) is 0.254. The van der Waals surface area contributed by atoms with Crippen molar-refractivity contribution < 1.29 is 4.79 Å². The number of nitrogen functional groups attached to an aromatic ring is 1. The molecule has 4 heterocycles.